The van der Waals surface area contributed by atoms with Gasteiger partial charge in [0.1, 0.15) is 6.54 Å². The van der Waals surface area contributed by atoms with Gasteiger partial charge in [-0.15, -0.1) is 0 Å². The van der Waals surface area contributed by atoms with E-state index in [1.807, 2.05) is 50.5 Å². The molecule has 1 N–H and O–H groups in total. The van der Waals surface area contributed by atoms with Gasteiger partial charge in [-0.1, -0.05) is 24.3 Å². The normalized spacial score (nSPS) is 13.2. The van der Waals surface area contributed by atoms with E-state index in [4.69, 9.17) is 0 Å². The lowest BCUT2D eigenvalue weighted by Gasteiger charge is -2.17. The SMILES string of the molecule is CN(C)CCCNC(=O)CN1C(=O)c2cccc3cccc1c23. The maximum atomic E-state index is 12.6. The Morgan fingerprint density at radius 2 is 1.91 bits per heavy atom. The fourth-order valence-electron chi connectivity index (χ4n) is 2.96. The minimum absolute atomic E-state index is 0.0641. The number of carbonyl (C=O) groups excluding carboxylic acids is 2. The predicted molar refractivity (Wildman–Crippen MR) is 91.8 cm³/mol. The quantitative estimate of drug-likeness (QED) is 0.829. The van der Waals surface area contributed by atoms with Crippen molar-refractivity contribution in [3.63, 3.8) is 0 Å². The first kappa shape index (κ1) is 15.5. The molecule has 2 aromatic carbocycles. The smallest absolute Gasteiger partial charge is 0.259 e. The summed E-state index contributed by atoms with van der Waals surface area (Å²) in [4.78, 5) is 28.4. The molecule has 0 saturated carbocycles. The van der Waals surface area contributed by atoms with Gasteiger partial charge < -0.3 is 10.2 Å². The van der Waals surface area contributed by atoms with Crippen LogP contribution in [0.15, 0.2) is 36.4 Å². The molecular weight excluding hydrogens is 290 g/mol. The highest BCUT2D eigenvalue weighted by Gasteiger charge is 2.30. The highest BCUT2D eigenvalue weighted by atomic mass is 16.2. The number of carbonyl (C=O) groups is 2. The van der Waals surface area contributed by atoms with Gasteiger partial charge in [0.05, 0.1) is 5.69 Å². The molecule has 0 spiro atoms. The number of nitrogens with zero attached hydrogens (tertiary/aromatic N) is 2. The Balaban J connectivity index is 1.69. The van der Waals surface area contributed by atoms with Crippen LogP contribution in [0.1, 0.15) is 16.8 Å². The van der Waals surface area contributed by atoms with Crippen molar-refractivity contribution in [2.24, 2.45) is 0 Å². The van der Waals surface area contributed by atoms with Crippen LogP contribution in [0.4, 0.5) is 5.69 Å². The third-order valence-electron chi connectivity index (χ3n) is 4.06. The second-order valence-electron chi connectivity index (χ2n) is 6.08. The van der Waals surface area contributed by atoms with E-state index in [0.717, 1.165) is 29.4 Å². The Hall–Kier alpha value is -2.40. The van der Waals surface area contributed by atoms with Crippen molar-refractivity contribution >= 4 is 28.3 Å². The van der Waals surface area contributed by atoms with E-state index in [1.165, 1.54) is 0 Å². The Morgan fingerprint density at radius 3 is 2.65 bits per heavy atom. The first-order valence-electron chi connectivity index (χ1n) is 7.83. The monoisotopic (exact) mass is 311 g/mol. The molecule has 5 nitrogen and oxygen atoms in total. The third-order valence-corrected chi connectivity index (χ3v) is 4.06. The molecule has 1 aliphatic rings. The topological polar surface area (TPSA) is 52.7 Å². The maximum absolute atomic E-state index is 12.6. The molecular formula is C18H21N3O2. The molecule has 3 rings (SSSR count). The van der Waals surface area contributed by atoms with Gasteiger partial charge in [0, 0.05) is 17.5 Å². The summed E-state index contributed by atoms with van der Waals surface area (Å²) < 4.78 is 0. The number of benzene rings is 2. The van der Waals surface area contributed by atoms with Gasteiger partial charge in [0.2, 0.25) is 5.91 Å². The Morgan fingerprint density at radius 1 is 1.17 bits per heavy atom. The van der Waals surface area contributed by atoms with Crippen molar-refractivity contribution in [2.45, 2.75) is 6.42 Å². The maximum Gasteiger partial charge on any atom is 0.259 e. The van der Waals surface area contributed by atoms with E-state index in [-0.39, 0.29) is 18.4 Å². The fourth-order valence-corrected chi connectivity index (χ4v) is 2.96. The van der Waals surface area contributed by atoms with Crippen molar-refractivity contribution in [1.29, 1.82) is 0 Å². The summed E-state index contributed by atoms with van der Waals surface area (Å²) in [5.41, 5.74) is 1.50. The summed E-state index contributed by atoms with van der Waals surface area (Å²) in [5.74, 6) is -0.220. The van der Waals surface area contributed by atoms with Gasteiger partial charge in [-0.05, 0) is 44.6 Å². The van der Waals surface area contributed by atoms with Crippen molar-refractivity contribution in [2.75, 3.05) is 38.6 Å². The van der Waals surface area contributed by atoms with Gasteiger partial charge in [0.15, 0.2) is 0 Å². The molecule has 0 aromatic heterocycles. The molecule has 0 bridgehead atoms. The molecule has 2 amide bonds. The van der Waals surface area contributed by atoms with E-state index >= 15 is 0 Å². The van der Waals surface area contributed by atoms with Gasteiger partial charge in [-0.2, -0.15) is 0 Å². The van der Waals surface area contributed by atoms with Gasteiger partial charge in [-0.25, -0.2) is 0 Å². The zero-order valence-corrected chi connectivity index (χ0v) is 13.5. The molecule has 5 heteroatoms. The summed E-state index contributed by atoms with van der Waals surface area (Å²) >= 11 is 0. The molecule has 23 heavy (non-hydrogen) atoms. The van der Waals surface area contributed by atoms with Gasteiger partial charge in [-0.3, -0.25) is 14.5 Å². The zero-order chi connectivity index (χ0) is 16.4. The average molecular weight is 311 g/mol. The van der Waals surface area contributed by atoms with Gasteiger partial charge >= 0.3 is 0 Å². The fraction of sp³-hybridized carbons (Fsp3) is 0.333. The van der Waals surface area contributed by atoms with Crippen LogP contribution in [-0.2, 0) is 4.79 Å². The van der Waals surface area contributed by atoms with Crippen LogP contribution in [0.25, 0.3) is 10.8 Å². The molecule has 0 unspecified atom stereocenters. The lowest BCUT2D eigenvalue weighted by molar-refractivity contribution is -0.119. The minimum Gasteiger partial charge on any atom is -0.355 e. The van der Waals surface area contributed by atoms with Crippen molar-refractivity contribution in [3.8, 4) is 0 Å². The molecule has 0 aliphatic carbocycles. The zero-order valence-electron chi connectivity index (χ0n) is 13.5. The molecule has 0 fully saturated rings. The number of amides is 2. The first-order chi connectivity index (χ1) is 11.1. The Kier molecular flexibility index (Phi) is 4.30. The predicted octanol–water partition coefficient (Wildman–Crippen LogP) is 1.87. The number of hydrogen-bond donors (Lipinski definition) is 1. The summed E-state index contributed by atoms with van der Waals surface area (Å²) in [6, 6.07) is 11.5. The van der Waals surface area contributed by atoms with Crippen LogP contribution in [0.2, 0.25) is 0 Å². The average Bonchev–Trinajstić information content (AvgIpc) is 2.80. The first-order valence-corrected chi connectivity index (χ1v) is 7.83. The van der Waals surface area contributed by atoms with Crippen molar-refractivity contribution in [3.05, 3.63) is 42.0 Å². The summed E-state index contributed by atoms with van der Waals surface area (Å²) in [6.45, 7) is 1.61. The van der Waals surface area contributed by atoms with Crippen LogP contribution in [0.5, 0.6) is 0 Å². The van der Waals surface area contributed by atoms with Crippen LogP contribution < -0.4 is 10.2 Å². The van der Waals surface area contributed by atoms with Crippen LogP contribution in [0.3, 0.4) is 0 Å². The molecule has 2 aromatic rings. The molecule has 120 valence electrons. The Labute approximate surface area is 135 Å². The summed E-state index contributed by atoms with van der Waals surface area (Å²) in [6.07, 6.45) is 0.891. The highest BCUT2D eigenvalue weighted by Crippen LogP contribution is 2.36. The number of anilines is 1. The van der Waals surface area contributed by atoms with E-state index < -0.39 is 0 Å². The van der Waals surface area contributed by atoms with Crippen LogP contribution in [-0.4, -0.2) is 50.4 Å². The van der Waals surface area contributed by atoms with Crippen LogP contribution >= 0.6 is 0 Å². The second kappa shape index (κ2) is 6.38. The molecule has 1 heterocycles. The standard InChI is InChI=1S/C18H21N3O2/c1-20(2)11-5-10-19-16(22)12-21-15-9-4-7-13-6-3-8-14(17(13)15)18(21)23/h3-4,6-9H,5,10-12H2,1-2H3,(H,19,22). The van der Waals surface area contributed by atoms with E-state index in [2.05, 4.69) is 10.2 Å². The number of nitrogens with one attached hydrogen (secondary N) is 1. The largest absolute Gasteiger partial charge is 0.355 e. The number of rotatable bonds is 6. The highest BCUT2D eigenvalue weighted by molar-refractivity contribution is 6.26. The number of hydrogen-bond acceptors (Lipinski definition) is 3. The van der Waals surface area contributed by atoms with E-state index in [1.54, 1.807) is 4.90 Å². The molecule has 0 saturated heterocycles. The third kappa shape index (κ3) is 3.05. The van der Waals surface area contributed by atoms with Crippen molar-refractivity contribution in [1.82, 2.24) is 10.2 Å². The lowest BCUT2D eigenvalue weighted by Crippen LogP contribution is -2.39. The van der Waals surface area contributed by atoms with Crippen molar-refractivity contribution < 1.29 is 9.59 Å². The second-order valence-corrected chi connectivity index (χ2v) is 6.08. The van der Waals surface area contributed by atoms with Gasteiger partial charge in [0.25, 0.3) is 5.91 Å². The van der Waals surface area contributed by atoms with E-state index in [9.17, 15) is 9.59 Å². The molecule has 1 aliphatic heterocycles. The summed E-state index contributed by atoms with van der Waals surface area (Å²) in [5, 5.41) is 4.86. The Bertz CT molecular complexity index is 750. The minimum atomic E-state index is -0.123. The summed E-state index contributed by atoms with van der Waals surface area (Å²) in [7, 11) is 4.01. The van der Waals surface area contributed by atoms with Crippen LogP contribution in [0, 0.1) is 0 Å². The van der Waals surface area contributed by atoms with E-state index in [0.29, 0.717) is 12.1 Å². The molecule has 0 radical (unpaired) electrons. The lowest BCUT2D eigenvalue weighted by atomic mass is 10.1. The molecule has 0 atom stereocenters.